The van der Waals surface area contributed by atoms with Gasteiger partial charge in [-0.1, -0.05) is 429 Å². The first-order valence-corrected chi connectivity index (χ1v) is 41.8. The number of amides is 1. The van der Waals surface area contributed by atoms with Crippen LogP contribution in [0.5, 0.6) is 0 Å². The summed E-state index contributed by atoms with van der Waals surface area (Å²) in [5.74, 6) is -0.0409. The minimum atomic E-state index is -0.843. The molecule has 0 aliphatic heterocycles. The molecule has 0 heterocycles. The van der Waals surface area contributed by atoms with Crippen molar-refractivity contribution in [2.45, 2.75) is 482 Å². The van der Waals surface area contributed by atoms with E-state index >= 15 is 0 Å². The van der Waals surface area contributed by atoms with Gasteiger partial charge in [-0.15, -0.1) is 0 Å². The molecule has 0 saturated heterocycles. The Labute approximate surface area is 570 Å². The van der Waals surface area contributed by atoms with Crippen molar-refractivity contribution in [3.63, 3.8) is 0 Å². The highest BCUT2D eigenvalue weighted by molar-refractivity contribution is 5.76. The number of unbranched alkanes of at least 4 members (excludes halogenated alkanes) is 64. The lowest BCUT2D eigenvalue weighted by Crippen LogP contribution is -2.45. The molecule has 0 fully saturated rings. The molecular formula is C85H163NO5. The van der Waals surface area contributed by atoms with Crippen LogP contribution in [-0.2, 0) is 14.3 Å². The summed E-state index contributed by atoms with van der Waals surface area (Å²) in [6.07, 6.45) is 106. The fraction of sp³-hybridized carbons (Fsp3) is 0.906. The van der Waals surface area contributed by atoms with Gasteiger partial charge >= 0.3 is 5.97 Å². The summed E-state index contributed by atoms with van der Waals surface area (Å²) in [6, 6.07) is -0.626. The van der Waals surface area contributed by atoms with Crippen LogP contribution in [0.4, 0.5) is 0 Å². The molecule has 0 radical (unpaired) electrons. The standard InChI is InChI=1S/C85H163NO5/c1-3-5-7-9-11-13-15-17-19-21-23-24-25-35-38-42-45-49-53-57-61-65-69-73-77-83(88)82(81-87)86-84(89)78-74-70-66-62-58-54-50-46-43-39-36-33-31-29-27-26-28-30-32-34-37-40-44-48-52-56-60-64-68-72-76-80-91-85(90)79-75-71-67-63-59-55-51-47-41-22-20-18-16-14-12-10-8-6-4-2/h12,14,18,20,73,77,82-83,87-88H,3-11,13,15-17,19,21-72,74-76,78-81H2,1-2H3,(H,86,89)/b14-12-,20-18-,77-73+. The SMILES string of the molecule is CCCCC/C=C\C/C=C\CCCCCCCCCCCC(=O)OCCCCCCCCCCCCCCCCCCCCCCCCCCCCCCCCCC(=O)NC(CO)C(O)/C=C/CCCCCCCCCCCCCCCCCCCCCCCC. The number of nitrogens with one attached hydrogen (secondary N) is 1. The van der Waals surface area contributed by atoms with Gasteiger partial charge in [-0.25, -0.2) is 0 Å². The van der Waals surface area contributed by atoms with Gasteiger partial charge in [0.05, 0.1) is 25.4 Å². The van der Waals surface area contributed by atoms with Crippen LogP contribution in [-0.4, -0.2) is 47.4 Å². The molecule has 3 N–H and O–H groups in total. The number of rotatable bonds is 79. The highest BCUT2D eigenvalue weighted by atomic mass is 16.5. The maximum Gasteiger partial charge on any atom is 0.305 e. The number of carbonyl (C=O) groups excluding carboxylic acids is 2. The Morgan fingerprint density at radius 2 is 0.549 bits per heavy atom. The lowest BCUT2D eigenvalue weighted by molar-refractivity contribution is -0.143. The fourth-order valence-corrected chi connectivity index (χ4v) is 13.3. The second kappa shape index (κ2) is 80.5. The number of allylic oxidation sites excluding steroid dienone is 5. The highest BCUT2D eigenvalue weighted by Gasteiger charge is 2.18. The molecule has 0 aromatic heterocycles. The van der Waals surface area contributed by atoms with Gasteiger partial charge in [0.25, 0.3) is 0 Å². The van der Waals surface area contributed by atoms with Crippen molar-refractivity contribution in [3.05, 3.63) is 36.5 Å². The van der Waals surface area contributed by atoms with Crippen LogP contribution in [0.1, 0.15) is 470 Å². The predicted molar refractivity (Wildman–Crippen MR) is 403 cm³/mol. The maximum atomic E-state index is 12.6. The summed E-state index contributed by atoms with van der Waals surface area (Å²) in [5.41, 5.74) is 0. The van der Waals surface area contributed by atoms with E-state index in [1.54, 1.807) is 6.08 Å². The molecule has 1 amide bonds. The molecule has 6 nitrogen and oxygen atoms in total. The molecule has 0 aromatic rings. The van der Waals surface area contributed by atoms with Crippen LogP contribution < -0.4 is 5.32 Å². The lowest BCUT2D eigenvalue weighted by atomic mass is 10.0. The topological polar surface area (TPSA) is 95.9 Å². The molecule has 0 spiro atoms. The zero-order valence-corrected chi connectivity index (χ0v) is 61.9. The van der Waals surface area contributed by atoms with Crippen molar-refractivity contribution in [3.8, 4) is 0 Å². The molecule has 2 atom stereocenters. The van der Waals surface area contributed by atoms with Crippen molar-refractivity contribution < 1.29 is 24.5 Å². The Morgan fingerprint density at radius 1 is 0.308 bits per heavy atom. The third-order valence-electron chi connectivity index (χ3n) is 19.7. The van der Waals surface area contributed by atoms with E-state index in [0.717, 1.165) is 51.4 Å². The zero-order chi connectivity index (χ0) is 65.6. The second-order valence-corrected chi connectivity index (χ2v) is 28.8. The lowest BCUT2D eigenvalue weighted by Gasteiger charge is -2.20. The Hall–Kier alpha value is -1.92. The van der Waals surface area contributed by atoms with Crippen LogP contribution in [0, 0.1) is 0 Å². The normalized spacial score (nSPS) is 12.6. The molecule has 0 aliphatic rings. The van der Waals surface area contributed by atoms with Gasteiger partial charge in [0, 0.05) is 12.8 Å². The van der Waals surface area contributed by atoms with E-state index in [1.807, 2.05) is 6.08 Å². The number of carbonyl (C=O) groups is 2. The number of hydrogen-bond donors (Lipinski definition) is 3. The summed E-state index contributed by atoms with van der Waals surface area (Å²) < 4.78 is 5.52. The summed E-state index contributed by atoms with van der Waals surface area (Å²) in [7, 11) is 0. The predicted octanol–water partition coefficient (Wildman–Crippen LogP) is 27.8. The highest BCUT2D eigenvalue weighted by Crippen LogP contribution is 2.20. The van der Waals surface area contributed by atoms with Crippen LogP contribution >= 0.6 is 0 Å². The molecule has 91 heavy (non-hydrogen) atoms. The molecule has 0 aromatic carbocycles. The van der Waals surface area contributed by atoms with Crippen LogP contribution in [0.15, 0.2) is 36.5 Å². The van der Waals surface area contributed by atoms with Crippen molar-refractivity contribution in [1.29, 1.82) is 0 Å². The van der Waals surface area contributed by atoms with E-state index in [0.29, 0.717) is 19.4 Å². The first-order chi connectivity index (χ1) is 45.0. The monoisotopic (exact) mass is 1280 g/mol. The Bertz CT molecular complexity index is 1470. The fourth-order valence-electron chi connectivity index (χ4n) is 13.3. The Balaban J connectivity index is 3.35. The van der Waals surface area contributed by atoms with Gasteiger partial charge in [0.15, 0.2) is 0 Å². The maximum absolute atomic E-state index is 12.6. The summed E-state index contributed by atoms with van der Waals surface area (Å²) in [6.45, 7) is 4.93. The van der Waals surface area contributed by atoms with Crippen molar-refractivity contribution >= 4 is 11.9 Å². The van der Waals surface area contributed by atoms with Crippen LogP contribution in [0.3, 0.4) is 0 Å². The molecule has 0 bridgehead atoms. The number of hydrogen-bond acceptors (Lipinski definition) is 5. The van der Waals surface area contributed by atoms with Crippen molar-refractivity contribution in [2.24, 2.45) is 0 Å². The summed E-state index contributed by atoms with van der Waals surface area (Å²) >= 11 is 0. The third-order valence-corrected chi connectivity index (χ3v) is 19.7. The third kappa shape index (κ3) is 77.0. The molecule has 6 heteroatoms. The number of aliphatic hydroxyl groups is 2. The summed E-state index contributed by atoms with van der Waals surface area (Å²) in [5, 5.41) is 23.3. The van der Waals surface area contributed by atoms with Gasteiger partial charge in [-0.05, 0) is 64.2 Å². The minimum absolute atomic E-state index is 0.0176. The van der Waals surface area contributed by atoms with Gasteiger partial charge in [-0.3, -0.25) is 9.59 Å². The van der Waals surface area contributed by atoms with E-state index in [2.05, 4.69) is 43.5 Å². The Morgan fingerprint density at radius 3 is 0.857 bits per heavy atom. The van der Waals surface area contributed by atoms with E-state index in [1.165, 1.54) is 392 Å². The molecule has 0 saturated carbocycles. The average molecular weight is 1280 g/mol. The average Bonchev–Trinajstić information content (AvgIpc) is 3.65. The minimum Gasteiger partial charge on any atom is -0.466 e. The van der Waals surface area contributed by atoms with E-state index in [-0.39, 0.29) is 18.5 Å². The second-order valence-electron chi connectivity index (χ2n) is 28.8. The largest absolute Gasteiger partial charge is 0.466 e. The van der Waals surface area contributed by atoms with Crippen molar-refractivity contribution in [1.82, 2.24) is 5.32 Å². The number of esters is 1. The molecule has 0 rings (SSSR count). The van der Waals surface area contributed by atoms with E-state index in [9.17, 15) is 19.8 Å². The van der Waals surface area contributed by atoms with E-state index in [4.69, 9.17) is 4.74 Å². The molecule has 0 aliphatic carbocycles. The first-order valence-electron chi connectivity index (χ1n) is 41.8. The Kier molecular flexibility index (Phi) is 78.8. The number of aliphatic hydroxyl groups excluding tert-OH is 2. The van der Waals surface area contributed by atoms with Gasteiger partial charge in [0.2, 0.25) is 5.91 Å². The molecular weight excluding hydrogens is 1110 g/mol. The summed E-state index contributed by atoms with van der Waals surface area (Å²) in [4.78, 5) is 24.7. The molecule has 538 valence electrons. The first kappa shape index (κ1) is 89.1. The zero-order valence-electron chi connectivity index (χ0n) is 61.9. The smallest absolute Gasteiger partial charge is 0.305 e. The quantitative estimate of drug-likeness (QED) is 0.0320. The van der Waals surface area contributed by atoms with E-state index < -0.39 is 12.1 Å². The van der Waals surface area contributed by atoms with Gasteiger partial charge in [-0.2, -0.15) is 0 Å². The molecule has 2 unspecified atom stereocenters. The van der Waals surface area contributed by atoms with Crippen molar-refractivity contribution in [2.75, 3.05) is 13.2 Å². The number of ether oxygens (including phenoxy) is 1. The van der Waals surface area contributed by atoms with Gasteiger partial charge in [0.1, 0.15) is 0 Å². The van der Waals surface area contributed by atoms with Crippen LogP contribution in [0.2, 0.25) is 0 Å². The van der Waals surface area contributed by atoms with Crippen LogP contribution in [0.25, 0.3) is 0 Å². The van der Waals surface area contributed by atoms with Gasteiger partial charge < -0.3 is 20.3 Å².